The second kappa shape index (κ2) is 9.24. The SMILES string of the molecule is [C-]#[N+]c1ccc(N2C(=O)C3(CCC3)N(c3ccc(C#CC4CCNCC4)cc3)C2=S)cc1C(F)(F)F. The molecule has 1 amide bonds. The number of benzene rings is 2. The Morgan fingerprint density at radius 1 is 1.08 bits per heavy atom. The van der Waals surface area contributed by atoms with E-state index in [0.29, 0.717) is 24.4 Å². The highest BCUT2D eigenvalue weighted by Gasteiger charge is 2.59. The Balaban J connectivity index is 1.46. The number of nitrogens with one attached hydrogen (secondary N) is 1. The summed E-state index contributed by atoms with van der Waals surface area (Å²) in [6.45, 7) is 9.02. The minimum absolute atomic E-state index is 0.0166. The van der Waals surface area contributed by atoms with E-state index in [1.807, 2.05) is 24.3 Å². The highest BCUT2D eigenvalue weighted by Crippen LogP contribution is 2.48. The van der Waals surface area contributed by atoms with E-state index in [9.17, 15) is 18.0 Å². The summed E-state index contributed by atoms with van der Waals surface area (Å²) < 4.78 is 40.7. The van der Waals surface area contributed by atoms with Crippen molar-refractivity contribution in [1.29, 1.82) is 0 Å². The Bertz CT molecular complexity index is 1310. The van der Waals surface area contributed by atoms with Crippen LogP contribution in [0.15, 0.2) is 42.5 Å². The molecule has 36 heavy (non-hydrogen) atoms. The second-order valence-corrected chi connectivity index (χ2v) is 9.66. The van der Waals surface area contributed by atoms with E-state index in [-0.39, 0.29) is 16.7 Å². The zero-order valence-electron chi connectivity index (χ0n) is 19.4. The van der Waals surface area contributed by atoms with Crippen molar-refractivity contribution < 1.29 is 18.0 Å². The quantitative estimate of drug-likeness (QED) is 0.323. The molecule has 5 nitrogen and oxygen atoms in total. The largest absolute Gasteiger partial charge is 0.407 e. The molecule has 1 spiro atoms. The lowest BCUT2D eigenvalue weighted by molar-refractivity contribution is -0.136. The highest BCUT2D eigenvalue weighted by atomic mass is 32.1. The van der Waals surface area contributed by atoms with Crippen LogP contribution >= 0.6 is 12.2 Å². The first kappa shape index (κ1) is 24.3. The number of hydrogen-bond acceptors (Lipinski definition) is 3. The number of amides is 1. The third kappa shape index (κ3) is 4.13. The number of anilines is 2. The van der Waals surface area contributed by atoms with Crippen LogP contribution in [-0.2, 0) is 11.0 Å². The summed E-state index contributed by atoms with van der Waals surface area (Å²) in [4.78, 5) is 19.5. The van der Waals surface area contributed by atoms with Crippen LogP contribution in [0.1, 0.15) is 43.2 Å². The number of rotatable bonds is 2. The molecule has 2 aromatic rings. The Hall–Kier alpha value is -3.40. The van der Waals surface area contributed by atoms with Gasteiger partial charge in [-0.1, -0.05) is 17.9 Å². The first-order valence-corrected chi connectivity index (χ1v) is 12.3. The Morgan fingerprint density at radius 2 is 1.75 bits per heavy atom. The fourth-order valence-electron chi connectivity index (χ4n) is 5.04. The molecule has 2 saturated heterocycles. The molecule has 9 heteroatoms. The van der Waals surface area contributed by atoms with Gasteiger partial charge in [0.25, 0.3) is 5.91 Å². The van der Waals surface area contributed by atoms with E-state index < -0.39 is 23.0 Å². The fraction of sp³-hybridized carbons (Fsp3) is 0.370. The summed E-state index contributed by atoms with van der Waals surface area (Å²) >= 11 is 5.67. The van der Waals surface area contributed by atoms with Crippen molar-refractivity contribution in [2.45, 2.75) is 43.8 Å². The molecular formula is C27H23F3N4OS. The third-order valence-corrected chi connectivity index (χ3v) is 7.51. The summed E-state index contributed by atoms with van der Waals surface area (Å²) in [5.74, 6) is 6.60. The summed E-state index contributed by atoms with van der Waals surface area (Å²) in [7, 11) is 0. The molecule has 1 saturated carbocycles. The van der Waals surface area contributed by atoms with Gasteiger partial charge in [0.15, 0.2) is 10.8 Å². The lowest BCUT2D eigenvalue weighted by Gasteiger charge is -2.43. The van der Waals surface area contributed by atoms with Crippen LogP contribution in [-0.4, -0.2) is 29.6 Å². The minimum atomic E-state index is -4.72. The number of carbonyl (C=O) groups is 1. The molecule has 3 fully saturated rings. The Labute approximate surface area is 213 Å². The zero-order valence-corrected chi connectivity index (χ0v) is 20.2. The van der Waals surface area contributed by atoms with Crippen molar-refractivity contribution in [3.63, 3.8) is 0 Å². The number of nitrogens with zero attached hydrogens (tertiary/aromatic N) is 3. The number of thiocarbonyl (C=S) groups is 1. The average molecular weight is 509 g/mol. The van der Waals surface area contributed by atoms with Crippen LogP contribution < -0.4 is 15.1 Å². The van der Waals surface area contributed by atoms with Crippen LogP contribution in [0.3, 0.4) is 0 Å². The number of hydrogen-bond donors (Lipinski definition) is 1. The standard InChI is InChI=1S/C27H23F3N4OS/c1-31-23-10-9-21(17-22(23)27(28,29)30)33-24(35)26(13-2-14-26)34(25(33)36)20-7-5-18(6-8-20)3-4-19-11-15-32-16-12-19/h5-10,17,19,32H,2,11-16H2. The molecule has 0 atom stereocenters. The Morgan fingerprint density at radius 3 is 2.33 bits per heavy atom. The smallest absolute Gasteiger partial charge is 0.317 e. The van der Waals surface area contributed by atoms with Crippen molar-refractivity contribution in [1.82, 2.24) is 5.32 Å². The van der Waals surface area contributed by atoms with Crippen LogP contribution in [0.2, 0.25) is 0 Å². The highest BCUT2D eigenvalue weighted by molar-refractivity contribution is 7.81. The Kier molecular flexibility index (Phi) is 6.23. The molecule has 0 aromatic heterocycles. The van der Waals surface area contributed by atoms with Gasteiger partial charge in [-0.05, 0) is 93.8 Å². The van der Waals surface area contributed by atoms with Crippen molar-refractivity contribution in [2.75, 3.05) is 22.9 Å². The summed E-state index contributed by atoms with van der Waals surface area (Å²) in [6.07, 6.45) is -0.721. The number of alkyl halides is 3. The number of halogens is 3. The lowest BCUT2D eigenvalue weighted by atomic mass is 9.75. The van der Waals surface area contributed by atoms with E-state index in [4.69, 9.17) is 18.8 Å². The number of carbonyl (C=O) groups excluding carboxylic acids is 1. The van der Waals surface area contributed by atoms with Crippen LogP contribution in [0.4, 0.5) is 30.2 Å². The molecule has 0 radical (unpaired) electrons. The topological polar surface area (TPSA) is 39.9 Å². The van der Waals surface area contributed by atoms with Gasteiger partial charge in [0, 0.05) is 22.9 Å². The van der Waals surface area contributed by atoms with Gasteiger partial charge in [0.05, 0.1) is 12.1 Å². The summed E-state index contributed by atoms with van der Waals surface area (Å²) in [5.41, 5.74) is -0.919. The van der Waals surface area contributed by atoms with E-state index in [1.165, 1.54) is 11.0 Å². The first-order chi connectivity index (χ1) is 17.2. The molecule has 5 rings (SSSR count). The van der Waals surface area contributed by atoms with E-state index in [0.717, 1.165) is 50.0 Å². The van der Waals surface area contributed by atoms with E-state index in [2.05, 4.69) is 22.0 Å². The van der Waals surface area contributed by atoms with Crippen molar-refractivity contribution in [3.8, 4) is 11.8 Å². The average Bonchev–Trinajstić information content (AvgIpc) is 3.09. The van der Waals surface area contributed by atoms with E-state index in [1.54, 1.807) is 4.90 Å². The van der Waals surface area contributed by atoms with Gasteiger partial charge < -0.3 is 10.2 Å². The van der Waals surface area contributed by atoms with Crippen LogP contribution in [0.25, 0.3) is 4.85 Å². The fourth-order valence-corrected chi connectivity index (χ4v) is 5.51. The predicted octanol–water partition coefficient (Wildman–Crippen LogP) is 5.67. The monoisotopic (exact) mass is 508 g/mol. The minimum Gasteiger partial charge on any atom is -0.317 e. The van der Waals surface area contributed by atoms with Gasteiger partial charge in [-0.15, -0.1) is 0 Å². The number of piperidine rings is 1. The van der Waals surface area contributed by atoms with Gasteiger partial charge in [-0.25, -0.2) is 4.85 Å². The first-order valence-electron chi connectivity index (χ1n) is 11.8. The second-order valence-electron chi connectivity index (χ2n) is 9.30. The molecule has 184 valence electrons. The molecule has 3 aliphatic rings. The molecule has 0 unspecified atom stereocenters. The molecule has 1 aliphatic carbocycles. The molecule has 2 aliphatic heterocycles. The predicted molar refractivity (Wildman–Crippen MR) is 136 cm³/mol. The maximum Gasteiger partial charge on any atom is 0.407 e. The van der Waals surface area contributed by atoms with Crippen LogP contribution in [0.5, 0.6) is 0 Å². The molecular weight excluding hydrogens is 485 g/mol. The van der Waals surface area contributed by atoms with Crippen molar-refractivity contribution in [2.24, 2.45) is 5.92 Å². The van der Waals surface area contributed by atoms with Gasteiger partial charge >= 0.3 is 6.18 Å². The van der Waals surface area contributed by atoms with Gasteiger partial charge in [0.1, 0.15) is 5.54 Å². The van der Waals surface area contributed by atoms with Gasteiger partial charge in [-0.3, -0.25) is 9.69 Å². The third-order valence-electron chi connectivity index (χ3n) is 7.14. The maximum atomic E-state index is 13.6. The molecule has 2 heterocycles. The van der Waals surface area contributed by atoms with Gasteiger partial charge in [0.2, 0.25) is 0 Å². The molecule has 1 N–H and O–H groups in total. The maximum absolute atomic E-state index is 13.6. The van der Waals surface area contributed by atoms with Crippen LogP contribution in [0, 0.1) is 24.3 Å². The lowest BCUT2D eigenvalue weighted by Crippen LogP contribution is -2.55. The van der Waals surface area contributed by atoms with Crippen molar-refractivity contribution in [3.05, 3.63) is 65.0 Å². The molecule has 0 bridgehead atoms. The molecule has 2 aromatic carbocycles. The zero-order chi connectivity index (χ0) is 25.5. The normalized spacial score (nSPS) is 19.6. The van der Waals surface area contributed by atoms with E-state index >= 15 is 0 Å². The van der Waals surface area contributed by atoms with Crippen molar-refractivity contribution >= 4 is 40.3 Å². The van der Waals surface area contributed by atoms with Gasteiger partial charge in [-0.2, -0.15) is 13.2 Å². The summed E-state index contributed by atoms with van der Waals surface area (Å²) in [5, 5.41) is 3.46. The summed E-state index contributed by atoms with van der Waals surface area (Å²) in [6, 6.07) is 10.8.